The van der Waals surface area contributed by atoms with Gasteiger partial charge in [-0.15, -0.1) is 0 Å². The summed E-state index contributed by atoms with van der Waals surface area (Å²) in [5, 5.41) is 8.36. The van der Waals surface area contributed by atoms with E-state index < -0.39 is 0 Å². The summed E-state index contributed by atoms with van der Waals surface area (Å²) in [6.45, 7) is 6.90. The second-order valence-electron chi connectivity index (χ2n) is 5.08. The molecule has 0 saturated heterocycles. The lowest BCUT2D eigenvalue weighted by Crippen LogP contribution is -2.21. The largest absolute Gasteiger partial charge is 0.361 e. The van der Waals surface area contributed by atoms with E-state index >= 15 is 0 Å². The molecule has 0 saturated carbocycles. The highest BCUT2D eigenvalue weighted by Crippen LogP contribution is 2.22. The Hall–Kier alpha value is -1.32. The summed E-state index contributed by atoms with van der Waals surface area (Å²) < 4.78 is 5.20. The number of hydrogen-bond donors (Lipinski definition) is 1. The molecule has 0 radical (unpaired) electrons. The van der Waals surface area contributed by atoms with Crippen LogP contribution in [0.3, 0.4) is 0 Å². The zero-order chi connectivity index (χ0) is 14.5. The maximum absolute atomic E-state index is 5.95. The molecular formula is C16H21ClN2O. The highest BCUT2D eigenvalue weighted by Gasteiger charge is 2.13. The maximum Gasteiger partial charge on any atom is 0.138 e. The van der Waals surface area contributed by atoms with Gasteiger partial charge in [0.25, 0.3) is 0 Å². The Labute approximate surface area is 125 Å². The van der Waals surface area contributed by atoms with Crippen LogP contribution < -0.4 is 5.32 Å². The highest BCUT2D eigenvalue weighted by molar-refractivity contribution is 6.30. The van der Waals surface area contributed by atoms with Gasteiger partial charge in [0.2, 0.25) is 0 Å². The van der Waals surface area contributed by atoms with Crippen LogP contribution in [-0.2, 0) is 6.54 Å². The van der Waals surface area contributed by atoms with Crippen LogP contribution in [0.15, 0.2) is 28.8 Å². The first kappa shape index (κ1) is 15.1. The Balaban J connectivity index is 2.08. The van der Waals surface area contributed by atoms with E-state index in [-0.39, 0.29) is 0 Å². The van der Waals surface area contributed by atoms with Gasteiger partial charge in [-0.1, -0.05) is 42.2 Å². The quantitative estimate of drug-likeness (QED) is 0.847. The number of aryl methyl sites for hydroxylation is 2. The molecule has 0 aliphatic heterocycles. The number of nitrogens with one attached hydrogen (secondary N) is 1. The molecule has 0 aliphatic carbocycles. The van der Waals surface area contributed by atoms with Crippen LogP contribution in [0.4, 0.5) is 0 Å². The zero-order valence-electron chi connectivity index (χ0n) is 12.2. The summed E-state index contributed by atoms with van der Waals surface area (Å²) in [6.07, 6.45) is 2.22. The van der Waals surface area contributed by atoms with Gasteiger partial charge in [0.1, 0.15) is 5.76 Å². The van der Waals surface area contributed by atoms with Crippen molar-refractivity contribution in [3.05, 3.63) is 51.9 Å². The van der Waals surface area contributed by atoms with Crippen molar-refractivity contribution >= 4 is 11.6 Å². The minimum absolute atomic E-state index is 0.325. The topological polar surface area (TPSA) is 38.1 Å². The molecule has 4 heteroatoms. The molecule has 3 nitrogen and oxygen atoms in total. The summed E-state index contributed by atoms with van der Waals surface area (Å²) in [5.74, 6) is 0.890. The molecule has 1 aromatic carbocycles. The first-order valence-corrected chi connectivity index (χ1v) is 7.40. The van der Waals surface area contributed by atoms with Crippen molar-refractivity contribution in [2.75, 3.05) is 0 Å². The third-order valence-corrected chi connectivity index (χ3v) is 3.81. The average Bonchev–Trinajstić information content (AvgIpc) is 2.75. The first-order chi connectivity index (χ1) is 9.61. The molecule has 2 aromatic rings. The normalized spacial score (nSPS) is 12.6. The van der Waals surface area contributed by atoms with Gasteiger partial charge in [-0.3, -0.25) is 0 Å². The third kappa shape index (κ3) is 3.62. The van der Waals surface area contributed by atoms with Gasteiger partial charge in [0.15, 0.2) is 0 Å². The third-order valence-electron chi connectivity index (χ3n) is 3.56. The minimum atomic E-state index is 0.325. The second-order valence-corrected chi connectivity index (χ2v) is 5.51. The summed E-state index contributed by atoms with van der Waals surface area (Å²) in [7, 11) is 0. The molecule has 0 fully saturated rings. The van der Waals surface area contributed by atoms with Gasteiger partial charge in [0.05, 0.1) is 5.69 Å². The van der Waals surface area contributed by atoms with Gasteiger partial charge in [-0.25, -0.2) is 0 Å². The van der Waals surface area contributed by atoms with Gasteiger partial charge in [0, 0.05) is 23.2 Å². The van der Waals surface area contributed by atoms with E-state index in [1.165, 1.54) is 5.56 Å². The van der Waals surface area contributed by atoms with Crippen molar-refractivity contribution in [2.24, 2.45) is 0 Å². The van der Waals surface area contributed by atoms with Crippen molar-refractivity contribution in [2.45, 2.75) is 46.2 Å². The zero-order valence-corrected chi connectivity index (χ0v) is 13.0. The molecule has 1 unspecified atom stereocenters. The number of aromatic nitrogens is 1. The van der Waals surface area contributed by atoms with E-state index in [1.807, 2.05) is 26.0 Å². The van der Waals surface area contributed by atoms with Crippen LogP contribution in [0, 0.1) is 13.8 Å². The fourth-order valence-corrected chi connectivity index (χ4v) is 2.48. The van der Waals surface area contributed by atoms with Gasteiger partial charge in [-0.2, -0.15) is 0 Å². The van der Waals surface area contributed by atoms with Crippen molar-refractivity contribution in [3.8, 4) is 0 Å². The summed E-state index contributed by atoms with van der Waals surface area (Å²) in [6, 6.07) is 8.38. The highest BCUT2D eigenvalue weighted by atomic mass is 35.5. The SMILES string of the molecule is CCCC(NCc1c(C)noc1C)c1ccc(Cl)cc1. The Morgan fingerprint density at radius 3 is 2.50 bits per heavy atom. The van der Waals surface area contributed by atoms with Gasteiger partial charge >= 0.3 is 0 Å². The number of rotatable bonds is 6. The van der Waals surface area contributed by atoms with E-state index in [1.54, 1.807) is 0 Å². The summed E-state index contributed by atoms with van der Waals surface area (Å²) in [4.78, 5) is 0. The average molecular weight is 293 g/mol. The Morgan fingerprint density at radius 2 is 1.95 bits per heavy atom. The number of nitrogens with zero attached hydrogens (tertiary/aromatic N) is 1. The van der Waals surface area contributed by atoms with Crippen molar-refractivity contribution < 1.29 is 4.52 Å². The molecule has 0 aliphatic rings. The van der Waals surface area contributed by atoms with Crippen LogP contribution in [0.1, 0.15) is 48.4 Å². The fraction of sp³-hybridized carbons (Fsp3) is 0.438. The van der Waals surface area contributed by atoms with Crippen LogP contribution in [0.25, 0.3) is 0 Å². The van der Waals surface area contributed by atoms with Gasteiger partial charge in [-0.05, 0) is 38.0 Å². The standard InChI is InChI=1S/C16H21ClN2O/c1-4-5-16(13-6-8-14(17)9-7-13)18-10-15-11(2)19-20-12(15)3/h6-9,16,18H,4-5,10H2,1-3H3. The molecule has 2 rings (SSSR count). The Morgan fingerprint density at radius 1 is 1.25 bits per heavy atom. The smallest absolute Gasteiger partial charge is 0.138 e. The van der Waals surface area contributed by atoms with Crippen LogP contribution in [0.5, 0.6) is 0 Å². The van der Waals surface area contributed by atoms with Crippen LogP contribution >= 0.6 is 11.6 Å². The molecule has 20 heavy (non-hydrogen) atoms. The maximum atomic E-state index is 5.95. The summed E-state index contributed by atoms with van der Waals surface area (Å²) in [5.41, 5.74) is 3.38. The van der Waals surface area contributed by atoms with Crippen molar-refractivity contribution in [1.29, 1.82) is 0 Å². The predicted molar refractivity (Wildman–Crippen MR) is 81.9 cm³/mol. The fourth-order valence-electron chi connectivity index (χ4n) is 2.35. The number of hydrogen-bond acceptors (Lipinski definition) is 3. The van der Waals surface area contributed by atoms with Crippen molar-refractivity contribution in [3.63, 3.8) is 0 Å². The lowest BCUT2D eigenvalue weighted by atomic mass is 10.0. The molecule has 108 valence electrons. The lowest BCUT2D eigenvalue weighted by molar-refractivity contribution is 0.391. The molecule has 1 atom stereocenters. The van der Waals surface area contributed by atoms with E-state index in [0.29, 0.717) is 6.04 Å². The van der Waals surface area contributed by atoms with E-state index in [4.69, 9.17) is 16.1 Å². The molecule has 0 spiro atoms. The molecule has 0 bridgehead atoms. The Bertz CT molecular complexity index is 529. The van der Waals surface area contributed by atoms with Crippen LogP contribution in [0.2, 0.25) is 5.02 Å². The predicted octanol–water partition coefficient (Wildman–Crippen LogP) is 4.58. The second kappa shape index (κ2) is 6.91. The molecule has 1 heterocycles. The van der Waals surface area contributed by atoms with Crippen LogP contribution in [-0.4, -0.2) is 5.16 Å². The molecular weight excluding hydrogens is 272 g/mol. The van der Waals surface area contributed by atoms with E-state index in [0.717, 1.165) is 41.4 Å². The van der Waals surface area contributed by atoms with Gasteiger partial charge < -0.3 is 9.84 Å². The number of halogens is 1. The first-order valence-electron chi connectivity index (χ1n) is 7.02. The van der Waals surface area contributed by atoms with Crippen molar-refractivity contribution in [1.82, 2.24) is 10.5 Å². The molecule has 1 aromatic heterocycles. The number of benzene rings is 1. The Kier molecular flexibility index (Phi) is 5.21. The van der Waals surface area contributed by atoms with E-state index in [2.05, 4.69) is 29.5 Å². The molecule has 0 amide bonds. The monoisotopic (exact) mass is 292 g/mol. The minimum Gasteiger partial charge on any atom is -0.361 e. The van der Waals surface area contributed by atoms with E-state index in [9.17, 15) is 0 Å². The molecule has 1 N–H and O–H groups in total. The summed E-state index contributed by atoms with van der Waals surface area (Å²) >= 11 is 5.95. The lowest BCUT2D eigenvalue weighted by Gasteiger charge is -2.18.